The number of ether oxygens (including phenoxy) is 2. The maximum Gasteiger partial charge on any atom is 0.0895 e. The molecule has 0 N–H and O–H groups in total. The molecule has 0 amide bonds. The van der Waals surface area contributed by atoms with Gasteiger partial charge in [-0.1, -0.05) is 0 Å². The molecule has 2 unspecified atom stereocenters. The molecule has 0 aromatic rings. The minimum atomic E-state index is -0.0246. The monoisotopic (exact) mass is 215 g/mol. The summed E-state index contributed by atoms with van der Waals surface area (Å²) >= 11 is 0. The predicted molar refractivity (Wildman–Crippen MR) is 64.7 cm³/mol. The number of aliphatic imine (C=N–C) groups is 1. The van der Waals surface area contributed by atoms with Gasteiger partial charge in [-0.05, 0) is 41.5 Å². The molecule has 0 aliphatic heterocycles. The van der Waals surface area contributed by atoms with E-state index in [0.29, 0.717) is 6.61 Å². The third kappa shape index (κ3) is 9.88. The first-order valence-electron chi connectivity index (χ1n) is 5.63. The van der Waals surface area contributed by atoms with Crippen LogP contribution in [-0.2, 0) is 9.47 Å². The van der Waals surface area contributed by atoms with E-state index in [1.165, 1.54) is 0 Å². The van der Waals surface area contributed by atoms with Gasteiger partial charge in [0.1, 0.15) is 0 Å². The van der Waals surface area contributed by atoms with E-state index < -0.39 is 0 Å². The second kappa shape index (κ2) is 6.96. The topological polar surface area (TPSA) is 30.8 Å². The van der Waals surface area contributed by atoms with Crippen LogP contribution in [-0.4, -0.2) is 37.2 Å². The fourth-order valence-electron chi connectivity index (χ4n) is 0.992. The van der Waals surface area contributed by atoms with Gasteiger partial charge < -0.3 is 9.47 Å². The molecule has 0 heterocycles. The van der Waals surface area contributed by atoms with Crippen LogP contribution < -0.4 is 0 Å². The van der Waals surface area contributed by atoms with Crippen LogP contribution in [0.5, 0.6) is 0 Å². The summed E-state index contributed by atoms with van der Waals surface area (Å²) in [5, 5.41) is 0. The Balaban J connectivity index is 3.75. The number of hydrogen-bond donors (Lipinski definition) is 0. The van der Waals surface area contributed by atoms with E-state index in [-0.39, 0.29) is 17.7 Å². The molecule has 0 aliphatic rings. The third-order valence-corrected chi connectivity index (χ3v) is 1.72. The second-order valence-electron chi connectivity index (χ2n) is 4.75. The molecule has 0 spiro atoms. The molecular weight excluding hydrogens is 190 g/mol. The summed E-state index contributed by atoms with van der Waals surface area (Å²) in [4.78, 5) is 4.39. The van der Waals surface area contributed by atoms with Gasteiger partial charge in [-0.15, -0.1) is 0 Å². The van der Waals surface area contributed by atoms with Gasteiger partial charge in [0, 0.05) is 12.8 Å². The average molecular weight is 215 g/mol. The first kappa shape index (κ1) is 14.6. The standard InChI is InChI=1S/C12H25NO2/c1-7-14-11(3)9-15-10(2)8-13-12(4,5)6/h8,10-11H,7,9H2,1-6H3. The summed E-state index contributed by atoms with van der Waals surface area (Å²) in [6, 6.07) is 0. The van der Waals surface area contributed by atoms with Crippen LogP contribution in [0.15, 0.2) is 4.99 Å². The van der Waals surface area contributed by atoms with Crippen molar-refractivity contribution in [2.45, 2.75) is 59.3 Å². The van der Waals surface area contributed by atoms with Crippen molar-refractivity contribution in [3.05, 3.63) is 0 Å². The van der Waals surface area contributed by atoms with Crippen molar-refractivity contribution in [1.82, 2.24) is 0 Å². The zero-order valence-electron chi connectivity index (χ0n) is 10.9. The average Bonchev–Trinajstić information content (AvgIpc) is 2.11. The van der Waals surface area contributed by atoms with Gasteiger partial charge in [0.2, 0.25) is 0 Å². The van der Waals surface area contributed by atoms with Crippen LogP contribution in [0.4, 0.5) is 0 Å². The van der Waals surface area contributed by atoms with Crippen LogP contribution in [0, 0.1) is 0 Å². The molecule has 0 aromatic heterocycles. The van der Waals surface area contributed by atoms with Crippen molar-refractivity contribution in [2.75, 3.05) is 13.2 Å². The van der Waals surface area contributed by atoms with Crippen molar-refractivity contribution < 1.29 is 9.47 Å². The molecule has 0 aromatic carbocycles. The number of nitrogens with zero attached hydrogens (tertiary/aromatic N) is 1. The Labute approximate surface area is 93.9 Å². The minimum absolute atomic E-state index is 0.0246. The van der Waals surface area contributed by atoms with Gasteiger partial charge >= 0.3 is 0 Å². The lowest BCUT2D eigenvalue weighted by Crippen LogP contribution is -2.22. The Morgan fingerprint density at radius 1 is 1.20 bits per heavy atom. The summed E-state index contributed by atoms with van der Waals surface area (Å²) in [5.41, 5.74) is -0.0246. The van der Waals surface area contributed by atoms with Gasteiger partial charge in [-0.25, -0.2) is 0 Å². The maximum absolute atomic E-state index is 5.58. The minimum Gasteiger partial charge on any atom is -0.376 e. The molecule has 90 valence electrons. The lowest BCUT2D eigenvalue weighted by atomic mass is 10.1. The zero-order valence-corrected chi connectivity index (χ0v) is 10.9. The molecule has 0 bridgehead atoms. The SMILES string of the molecule is CCOC(C)COC(C)C=NC(C)(C)C. The lowest BCUT2D eigenvalue weighted by Gasteiger charge is -2.16. The predicted octanol–water partition coefficient (Wildman–Crippen LogP) is 2.69. The van der Waals surface area contributed by atoms with Crippen molar-refractivity contribution >= 4 is 6.21 Å². The van der Waals surface area contributed by atoms with Gasteiger partial charge in [0.15, 0.2) is 0 Å². The highest BCUT2D eigenvalue weighted by Gasteiger charge is 2.08. The summed E-state index contributed by atoms with van der Waals surface area (Å²) in [6.45, 7) is 13.5. The molecule has 15 heavy (non-hydrogen) atoms. The van der Waals surface area contributed by atoms with E-state index in [1.807, 2.05) is 27.0 Å². The van der Waals surface area contributed by atoms with Crippen LogP contribution in [0.1, 0.15) is 41.5 Å². The van der Waals surface area contributed by atoms with Crippen molar-refractivity contribution in [2.24, 2.45) is 4.99 Å². The molecule has 3 heteroatoms. The fourth-order valence-corrected chi connectivity index (χ4v) is 0.992. The van der Waals surface area contributed by atoms with Gasteiger partial charge in [0.25, 0.3) is 0 Å². The van der Waals surface area contributed by atoms with Crippen molar-refractivity contribution in [3.8, 4) is 0 Å². The van der Waals surface area contributed by atoms with Crippen LogP contribution >= 0.6 is 0 Å². The Kier molecular flexibility index (Phi) is 6.77. The number of hydrogen-bond acceptors (Lipinski definition) is 3. The maximum atomic E-state index is 5.58. The molecule has 0 saturated heterocycles. The summed E-state index contributed by atoms with van der Waals surface area (Å²) in [7, 11) is 0. The molecule has 0 radical (unpaired) electrons. The molecule has 0 aliphatic carbocycles. The van der Waals surface area contributed by atoms with Crippen LogP contribution in [0.3, 0.4) is 0 Å². The van der Waals surface area contributed by atoms with Crippen LogP contribution in [0.25, 0.3) is 0 Å². The normalized spacial score (nSPS) is 16.9. The van der Waals surface area contributed by atoms with E-state index in [4.69, 9.17) is 9.47 Å². The molecule has 0 rings (SSSR count). The van der Waals surface area contributed by atoms with Crippen molar-refractivity contribution in [3.63, 3.8) is 0 Å². The van der Waals surface area contributed by atoms with Crippen molar-refractivity contribution in [1.29, 1.82) is 0 Å². The lowest BCUT2D eigenvalue weighted by molar-refractivity contribution is -0.00960. The molecule has 0 saturated carbocycles. The second-order valence-corrected chi connectivity index (χ2v) is 4.75. The first-order valence-corrected chi connectivity index (χ1v) is 5.63. The van der Waals surface area contributed by atoms with E-state index in [2.05, 4.69) is 25.8 Å². The molecule has 0 fully saturated rings. The van der Waals surface area contributed by atoms with E-state index in [1.54, 1.807) is 0 Å². The molecule has 3 nitrogen and oxygen atoms in total. The molecular formula is C12H25NO2. The third-order valence-electron chi connectivity index (χ3n) is 1.72. The van der Waals surface area contributed by atoms with E-state index in [9.17, 15) is 0 Å². The molecule has 2 atom stereocenters. The Bertz CT molecular complexity index is 185. The van der Waals surface area contributed by atoms with Gasteiger partial charge in [-0.3, -0.25) is 4.99 Å². The number of rotatable bonds is 6. The largest absolute Gasteiger partial charge is 0.376 e. The summed E-state index contributed by atoms with van der Waals surface area (Å²) < 4.78 is 10.9. The first-order chi connectivity index (χ1) is 6.85. The highest BCUT2D eigenvalue weighted by atomic mass is 16.5. The Morgan fingerprint density at radius 2 is 1.80 bits per heavy atom. The van der Waals surface area contributed by atoms with Crippen LogP contribution in [0.2, 0.25) is 0 Å². The van der Waals surface area contributed by atoms with Gasteiger partial charge in [-0.2, -0.15) is 0 Å². The van der Waals surface area contributed by atoms with E-state index >= 15 is 0 Å². The Morgan fingerprint density at radius 3 is 2.27 bits per heavy atom. The highest BCUT2D eigenvalue weighted by molar-refractivity contribution is 5.62. The quantitative estimate of drug-likeness (QED) is 0.638. The summed E-state index contributed by atoms with van der Waals surface area (Å²) in [6.07, 6.45) is 2.06. The fraction of sp³-hybridized carbons (Fsp3) is 0.917. The highest BCUT2D eigenvalue weighted by Crippen LogP contribution is 2.05. The van der Waals surface area contributed by atoms with Gasteiger partial charge in [0.05, 0.1) is 24.4 Å². The smallest absolute Gasteiger partial charge is 0.0895 e. The van der Waals surface area contributed by atoms with E-state index in [0.717, 1.165) is 6.61 Å². The Hall–Kier alpha value is -0.410. The zero-order chi connectivity index (χ0) is 11.9. The summed E-state index contributed by atoms with van der Waals surface area (Å²) in [5.74, 6) is 0.